The SMILES string of the molecule is CCNCC1CCN(C(=O)c2cncc(F)c2)CC1.Cl.Cl. The quantitative estimate of drug-likeness (QED) is 0.918. The van der Waals surface area contributed by atoms with Gasteiger partial charge >= 0.3 is 0 Å². The van der Waals surface area contributed by atoms with Gasteiger partial charge in [0.15, 0.2) is 0 Å². The van der Waals surface area contributed by atoms with Crippen molar-refractivity contribution in [2.75, 3.05) is 26.2 Å². The lowest BCUT2D eigenvalue weighted by atomic mass is 9.96. The lowest BCUT2D eigenvalue weighted by Crippen LogP contribution is -2.40. The Balaban J connectivity index is 0.00000200. The highest BCUT2D eigenvalue weighted by atomic mass is 35.5. The van der Waals surface area contributed by atoms with Gasteiger partial charge in [0.2, 0.25) is 0 Å². The second-order valence-corrected chi connectivity index (χ2v) is 4.94. The molecule has 1 N–H and O–H groups in total. The third-order valence-corrected chi connectivity index (χ3v) is 3.54. The first-order valence-corrected chi connectivity index (χ1v) is 6.81. The highest BCUT2D eigenvalue weighted by Crippen LogP contribution is 2.18. The summed E-state index contributed by atoms with van der Waals surface area (Å²) in [6, 6.07) is 1.25. The van der Waals surface area contributed by atoms with Crippen LogP contribution < -0.4 is 5.32 Å². The largest absolute Gasteiger partial charge is 0.339 e. The standard InChI is InChI=1S/C14H20FN3O.2ClH/c1-2-16-8-11-3-5-18(6-4-11)14(19)12-7-13(15)10-17-9-12;;/h7,9-11,16H,2-6,8H2,1H3;2*1H. The van der Waals surface area contributed by atoms with Gasteiger partial charge in [-0.15, -0.1) is 24.8 Å². The van der Waals surface area contributed by atoms with E-state index in [1.807, 2.05) is 0 Å². The van der Waals surface area contributed by atoms with Crippen LogP contribution in [0.4, 0.5) is 4.39 Å². The van der Waals surface area contributed by atoms with Crippen molar-refractivity contribution < 1.29 is 9.18 Å². The van der Waals surface area contributed by atoms with Gasteiger partial charge in [0.05, 0.1) is 11.8 Å². The maximum Gasteiger partial charge on any atom is 0.255 e. The van der Waals surface area contributed by atoms with E-state index in [1.54, 1.807) is 4.90 Å². The number of nitrogens with zero attached hydrogens (tertiary/aromatic N) is 2. The van der Waals surface area contributed by atoms with Crippen molar-refractivity contribution in [2.24, 2.45) is 5.92 Å². The van der Waals surface area contributed by atoms with E-state index >= 15 is 0 Å². The van der Waals surface area contributed by atoms with E-state index in [2.05, 4.69) is 17.2 Å². The van der Waals surface area contributed by atoms with Crippen molar-refractivity contribution in [1.29, 1.82) is 0 Å². The van der Waals surface area contributed by atoms with Crippen LogP contribution in [0.1, 0.15) is 30.1 Å². The number of carbonyl (C=O) groups excluding carboxylic acids is 1. The van der Waals surface area contributed by atoms with E-state index < -0.39 is 5.82 Å². The van der Waals surface area contributed by atoms with Crippen LogP contribution >= 0.6 is 24.8 Å². The molecule has 21 heavy (non-hydrogen) atoms. The van der Waals surface area contributed by atoms with Gasteiger partial charge in [-0.2, -0.15) is 0 Å². The molecule has 7 heteroatoms. The van der Waals surface area contributed by atoms with Crippen LogP contribution in [0.5, 0.6) is 0 Å². The first-order chi connectivity index (χ1) is 9.20. The number of pyridine rings is 1. The molecular weight excluding hydrogens is 316 g/mol. The molecule has 0 unspecified atom stereocenters. The van der Waals surface area contributed by atoms with Gasteiger partial charge in [-0.25, -0.2) is 4.39 Å². The summed E-state index contributed by atoms with van der Waals surface area (Å²) < 4.78 is 13.1. The second-order valence-electron chi connectivity index (χ2n) is 4.94. The summed E-state index contributed by atoms with van der Waals surface area (Å²) in [7, 11) is 0. The second kappa shape index (κ2) is 9.92. The topological polar surface area (TPSA) is 45.2 Å². The molecule has 1 fully saturated rings. The van der Waals surface area contributed by atoms with Crippen LogP contribution in [0, 0.1) is 11.7 Å². The fourth-order valence-corrected chi connectivity index (χ4v) is 2.40. The summed E-state index contributed by atoms with van der Waals surface area (Å²) in [6.07, 6.45) is 4.54. The number of piperidine rings is 1. The van der Waals surface area contributed by atoms with E-state index in [9.17, 15) is 9.18 Å². The Morgan fingerprint density at radius 3 is 2.62 bits per heavy atom. The Morgan fingerprint density at radius 2 is 2.05 bits per heavy atom. The molecule has 0 radical (unpaired) electrons. The van der Waals surface area contributed by atoms with Crippen molar-refractivity contribution in [2.45, 2.75) is 19.8 Å². The van der Waals surface area contributed by atoms with E-state index in [-0.39, 0.29) is 30.7 Å². The van der Waals surface area contributed by atoms with Crippen molar-refractivity contribution in [1.82, 2.24) is 15.2 Å². The zero-order chi connectivity index (χ0) is 13.7. The maximum absolute atomic E-state index is 13.1. The zero-order valence-electron chi connectivity index (χ0n) is 12.0. The van der Waals surface area contributed by atoms with Crippen LogP contribution in [-0.2, 0) is 0 Å². The number of hydrogen-bond acceptors (Lipinski definition) is 3. The van der Waals surface area contributed by atoms with E-state index in [4.69, 9.17) is 0 Å². The van der Waals surface area contributed by atoms with Gasteiger partial charge in [0.1, 0.15) is 5.82 Å². The lowest BCUT2D eigenvalue weighted by molar-refractivity contribution is 0.0689. The van der Waals surface area contributed by atoms with E-state index in [0.29, 0.717) is 11.5 Å². The third-order valence-electron chi connectivity index (χ3n) is 3.54. The molecule has 1 saturated heterocycles. The van der Waals surface area contributed by atoms with Crippen LogP contribution in [0.15, 0.2) is 18.5 Å². The van der Waals surface area contributed by atoms with E-state index in [1.165, 1.54) is 12.3 Å². The fraction of sp³-hybridized carbons (Fsp3) is 0.571. The third kappa shape index (κ3) is 5.77. The lowest BCUT2D eigenvalue weighted by Gasteiger charge is -2.32. The van der Waals surface area contributed by atoms with Crippen LogP contribution in [-0.4, -0.2) is 42.0 Å². The first kappa shape index (κ1) is 20.1. The monoisotopic (exact) mass is 337 g/mol. The molecule has 1 amide bonds. The Labute approximate surface area is 137 Å². The summed E-state index contributed by atoms with van der Waals surface area (Å²) in [5.74, 6) is 0.0522. The number of hydrogen-bond donors (Lipinski definition) is 1. The molecule has 2 rings (SSSR count). The highest BCUT2D eigenvalue weighted by molar-refractivity contribution is 5.93. The minimum atomic E-state index is -0.465. The molecule has 4 nitrogen and oxygen atoms in total. The summed E-state index contributed by atoms with van der Waals surface area (Å²) in [5.41, 5.74) is 0.338. The summed E-state index contributed by atoms with van der Waals surface area (Å²) in [4.78, 5) is 17.7. The molecule has 0 spiro atoms. The molecule has 1 aliphatic rings. The molecule has 1 aromatic rings. The molecule has 120 valence electrons. The minimum Gasteiger partial charge on any atom is -0.339 e. The van der Waals surface area contributed by atoms with Crippen molar-refractivity contribution in [3.63, 3.8) is 0 Å². The molecule has 0 aliphatic carbocycles. The number of nitrogens with one attached hydrogen (secondary N) is 1. The smallest absolute Gasteiger partial charge is 0.255 e. The van der Waals surface area contributed by atoms with Gasteiger partial charge in [-0.1, -0.05) is 6.92 Å². The number of carbonyl (C=O) groups is 1. The maximum atomic E-state index is 13.1. The predicted octanol–water partition coefficient (Wildman–Crippen LogP) is 2.53. The van der Waals surface area contributed by atoms with Crippen molar-refractivity contribution in [3.8, 4) is 0 Å². The van der Waals surface area contributed by atoms with Gasteiger partial charge in [0.25, 0.3) is 5.91 Å². The first-order valence-electron chi connectivity index (χ1n) is 6.81. The Kier molecular flexibility index (Phi) is 9.49. The van der Waals surface area contributed by atoms with Crippen molar-refractivity contribution >= 4 is 30.7 Å². The van der Waals surface area contributed by atoms with E-state index in [0.717, 1.165) is 45.2 Å². The Hall–Kier alpha value is -0.910. The van der Waals surface area contributed by atoms with Crippen LogP contribution in [0.25, 0.3) is 0 Å². The average molecular weight is 338 g/mol. The number of rotatable bonds is 4. The minimum absolute atomic E-state index is 0. The summed E-state index contributed by atoms with van der Waals surface area (Å²) >= 11 is 0. The molecule has 0 atom stereocenters. The number of amides is 1. The Bertz CT molecular complexity index is 440. The fourth-order valence-electron chi connectivity index (χ4n) is 2.40. The summed E-state index contributed by atoms with van der Waals surface area (Å²) in [6.45, 7) is 5.57. The normalized spacial score (nSPS) is 15.0. The Morgan fingerprint density at radius 1 is 1.38 bits per heavy atom. The van der Waals surface area contributed by atoms with Gasteiger partial charge in [-0.05, 0) is 37.9 Å². The number of halogens is 3. The van der Waals surface area contributed by atoms with Crippen LogP contribution in [0.3, 0.4) is 0 Å². The van der Waals surface area contributed by atoms with Gasteiger partial charge in [0, 0.05) is 19.3 Å². The molecule has 0 saturated carbocycles. The molecule has 1 aliphatic heterocycles. The average Bonchev–Trinajstić information content (AvgIpc) is 2.45. The molecular formula is C14H22Cl2FN3O. The molecule has 1 aromatic heterocycles. The molecule has 2 heterocycles. The van der Waals surface area contributed by atoms with Gasteiger partial charge < -0.3 is 10.2 Å². The summed E-state index contributed by atoms with van der Waals surface area (Å²) in [5, 5.41) is 3.34. The van der Waals surface area contributed by atoms with Crippen molar-refractivity contribution in [3.05, 3.63) is 29.8 Å². The molecule has 0 aromatic carbocycles. The molecule has 0 bridgehead atoms. The van der Waals surface area contributed by atoms with Gasteiger partial charge in [-0.3, -0.25) is 9.78 Å². The predicted molar refractivity (Wildman–Crippen MR) is 85.9 cm³/mol. The zero-order valence-corrected chi connectivity index (χ0v) is 13.7. The number of likely N-dealkylation sites (tertiary alicyclic amines) is 1. The van der Waals surface area contributed by atoms with Crippen LogP contribution in [0.2, 0.25) is 0 Å². The highest BCUT2D eigenvalue weighted by Gasteiger charge is 2.23. The number of aromatic nitrogens is 1.